The number of hydrogen-bond donors (Lipinski definition) is 2. The van der Waals surface area contributed by atoms with Crippen molar-refractivity contribution in [3.8, 4) is 0 Å². The highest BCUT2D eigenvalue weighted by atomic mass is 16.6. The minimum absolute atomic E-state index is 0.0331. The van der Waals surface area contributed by atoms with Gasteiger partial charge in [0.15, 0.2) is 0 Å². The third-order valence-corrected chi connectivity index (χ3v) is 3.35. The zero-order chi connectivity index (χ0) is 19.9. The maximum atomic E-state index is 12.3. The van der Waals surface area contributed by atoms with Gasteiger partial charge in [-0.1, -0.05) is 38.1 Å². The van der Waals surface area contributed by atoms with Gasteiger partial charge in [0.05, 0.1) is 6.42 Å². The van der Waals surface area contributed by atoms with Crippen LogP contribution in [-0.4, -0.2) is 34.8 Å². The molecule has 0 fully saturated rings. The number of nitrogens with one attached hydrogen (secondary N) is 1. The van der Waals surface area contributed by atoms with Gasteiger partial charge >= 0.3 is 18.0 Å². The number of amides is 1. The van der Waals surface area contributed by atoms with Crippen molar-refractivity contribution < 1.29 is 29.0 Å². The Morgan fingerprint density at radius 3 is 2.08 bits per heavy atom. The van der Waals surface area contributed by atoms with Crippen molar-refractivity contribution in [2.24, 2.45) is 5.92 Å². The summed E-state index contributed by atoms with van der Waals surface area (Å²) in [5.74, 6) is -1.63. The second-order valence-corrected chi connectivity index (χ2v) is 7.36. The van der Waals surface area contributed by atoms with Crippen molar-refractivity contribution in [1.29, 1.82) is 0 Å². The van der Waals surface area contributed by atoms with Crippen LogP contribution in [0.4, 0.5) is 4.79 Å². The predicted octanol–water partition coefficient (Wildman–Crippen LogP) is 2.91. The average Bonchev–Trinajstić information content (AvgIpc) is 2.49. The summed E-state index contributed by atoms with van der Waals surface area (Å²) in [6.07, 6.45) is -0.735. The lowest BCUT2D eigenvalue weighted by Gasteiger charge is -2.24. The van der Waals surface area contributed by atoms with E-state index in [0.29, 0.717) is 5.56 Å². The van der Waals surface area contributed by atoms with Crippen LogP contribution in [0, 0.1) is 5.92 Å². The van der Waals surface area contributed by atoms with Crippen LogP contribution >= 0.6 is 0 Å². The molecule has 0 aliphatic carbocycles. The molecule has 0 saturated carbocycles. The Labute approximate surface area is 153 Å². The van der Waals surface area contributed by atoms with E-state index in [0.717, 1.165) is 5.56 Å². The van der Waals surface area contributed by atoms with E-state index in [4.69, 9.17) is 14.6 Å². The predicted molar refractivity (Wildman–Crippen MR) is 95.6 cm³/mol. The van der Waals surface area contributed by atoms with Gasteiger partial charge in [-0.25, -0.2) is 9.59 Å². The second-order valence-electron chi connectivity index (χ2n) is 7.36. The fourth-order valence-corrected chi connectivity index (χ4v) is 2.10. The number of carboxylic acids is 1. The van der Waals surface area contributed by atoms with Crippen LogP contribution in [0.15, 0.2) is 24.3 Å². The molecular weight excluding hydrogens is 338 g/mol. The summed E-state index contributed by atoms with van der Waals surface area (Å²) in [4.78, 5) is 34.9. The van der Waals surface area contributed by atoms with Gasteiger partial charge in [0.25, 0.3) is 0 Å². The first kappa shape index (κ1) is 21.5. The van der Waals surface area contributed by atoms with Gasteiger partial charge in [-0.2, -0.15) is 0 Å². The quantitative estimate of drug-likeness (QED) is 0.721. The molecule has 1 aromatic carbocycles. The molecule has 1 unspecified atom stereocenters. The van der Waals surface area contributed by atoms with Gasteiger partial charge < -0.3 is 19.9 Å². The number of esters is 1. The minimum atomic E-state index is -0.905. The van der Waals surface area contributed by atoms with Gasteiger partial charge in [0.1, 0.15) is 18.2 Å². The van der Waals surface area contributed by atoms with Crippen LogP contribution < -0.4 is 5.32 Å². The zero-order valence-corrected chi connectivity index (χ0v) is 15.9. The van der Waals surface area contributed by atoms with Gasteiger partial charge in [-0.15, -0.1) is 0 Å². The SMILES string of the molecule is CC(C)C(NC(=O)OC(C)(C)C)C(=O)OCc1ccc(CC(=O)O)cc1. The molecule has 1 aromatic rings. The summed E-state index contributed by atoms with van der Waals surface area (Å²) >= 11 is 0. The number of carbonyl (C=O) groups is 3. The van der Waals surface area contributed by atoms with Crippen LogP contribution in [0.25, 0.3) is 0 Å². The fraction of sp³-hybridized carbons (Fsp3) is 0.526. The number of alkyl carbamates (subject to hydrolysis) is 1. The van der Waals surface area contributed by atoms with Gasteiger partial charge in [-0.05, 0) is 37.8 Å². The fourth-order valence-electron chi connectivity index (χ4n) is 2.10. The highest BCUT2D eigenvalue weighted by Crippen LogP contribution is 2.11. The summed E-state index contributed by atoms with van der Waals surface area (Å²) in [6.45, 7) is 8.84. The Balaban J connectivity index is 2.62. The van der Waals surface area contributed by atoms with Crippen LogP contribution in [0.2, 0.25) is 0 Å². The molecule has 26 heavy (non-hydrogen) atoms. The van der Waals surface area contributed by atoms with Crippen molar-refractivity contribution in [1.82, 2.24) is 5.32 Å². The van der Waals surface area contributed by atoms with E-state index in [1.54, 1.807) is 58.9 Å². The van der Waals surface area contributed by atoms with E-state index in [2.05, 4.69) is 5.32 Å². The molecule has 0 bridgehead atoms. The minimum Gasteiger partial charge on any atom is -0.481 e. The zero-order valence-electron chi connectivity index (χ0n) is 15.9. The van der Waals surface area contributed by atoms with Gasteiger partial charge in [-0.3, -0.25) is 4.79 Å². The van der Waals surface area contributed by atoms with E-state index < -0.39 is 29.7 Å². The summed E-state index contributed by atoms with van der Waals surface area (Å²) < 4.78 is 10.4. The molecule has 1 atom stereocenters. The molecule has 0 heterocycles. The molecule has 0 spiro atoms. The summed E-state index contributed by atoms with van der Waals surface area (Å²) in [7, 11) is 0. The monoisotopic (exact) mass is 365 g/mol. The van der Waals surface area contributed by atoms with E-state index in [9.17, 15) is 14.4 Å². The van der Waals surface area contributed by atoms with Crippen molar-refractivity contribution in [2.45, 2.75) is 59.3 Å². The standard InChI is InChI=1S/C19H27NO6/c1-12(2)16(20-18(24)26-19(3,4)5)17(23)25-11-14-8-6-13(7-9-14)10-15(21)22/h6-9,12,16H,10-11H2,1-5H3,(H,20,24)(H,21,22). The van der Waals surface area contributed by atoms with E-state index >= 15 is 0 Å². The van der Waals surface area contributed by atoms with Crippen LogP contribution in [0.3, 0.4) is 0 Å². The molecule has 0 saturated heterocycles. The van der Waals surface area contributed by atoms with Crippen molar-refractivity contribution in [2.75, 3.05) is 0 Å². The largest absolute Gasteiger partial charge is 0.481 e. The molecule has 0 aliphatic rings. The molecule has 7 nitrogen and oxygen atoms in total. The summed E-state index contributed by atoms with van der Waals surface area (Å²) in [5, 5.41) is 11.3. The van der Waals surface area contributed by atoms with E-state index in [-0.39, 0.29) is 18.9 Å². The Morgan fingerprint density at radius 1 is 1.08 bits per heavy atom. The summed E-state index contributed by atoms with van der Waals surface area (Å²) in [5.41, 5.74) is 0.735. The summed E-state index contributed by atoms with van der Waals surface area (Å²) in [6, 6.07) is 5.94. The Kier molecular flexibility index (Phi) is 7.61. The van der Waals surface area contributed by atoms with Crippen LogP contribution in [0.1, 0.15) is 45.7 Å². The van der Waals surface area contributed by atoms with E-state index in [1.807, 2.05) is 0 Å². The lowest BCUT2D eigenvalue weighted by Crippen LogP contribution is -2.47. The lowest BCUT2D eigenvalue weighted by molar-refractivity contribution is -0.148. The van der Waals surface area contributed by atoms with Crippen LogP contribution in [-0.2, 0) is 32.1 Å². The maximum Gasteiger partial charge on any atom is 0.408 e. The van der Waals surface area contributed by atoms with Crippen LogP contribution in [0.5, 0.6) is 0 Å². The van der Waals surface area contributed by atoms with Crippen molar-refractivity contribution in [3.05, 3.63) is 35.4 Å². The number of aliphatic carboxylic acids is 1. The number of rotatable bonds is 7. The maximum absolute atomic E-state index is 12.3. The Bertz CT molecular complexity index is 630. The number of carbonyl (C=O) groups excluding carboxylic acids is 2. The number of ether oxygens (including phenoxy) is 2. The highest BCUT2D eigenvalue weighted by Gasteiger charge is 2.28. The van der Waals surface area contributed by atoms with Crippen molar-refractivity contribution in [3.63, 3.8) is 0 Å². The average molecular weight is 365 g/mol. The molecular formula is C19H27NO6. The highest BCUT2D eigenvalue weighted by molar-refractivity contribution is 5.81. The normalized spacial score (nSPS) is 12.4. The Morgan fingerprint density at radius 2 is 1.62 bits per heavy atom. The second kappa shape index (κ2) is 9.22. The number of hydrogen-bond acceptors (Lipinski definition) is 5. The smallest absolute Gasteiger partial charge is 0.408 e. The van der Waals surface area contributed by atoms with Gasteiger partial charge in [0.2, 0.25) is 0 Å². The number of carboxylic acid groups (broad SMARTS) is 1. The van der Waals surface area contributed by atoms with E-state index in [1.165, 1.54) is 0 Å². The first-order chi connectivity index (χ1) is 12.0. The molecule has 144 valence electrons. The third-order valence-electron chi connectivity index (χ3n) is 3.35. The Hall–Kier alpha value is -2.57. The molecule has 0 aromatic heterocycles. The topological polar surface area (TPSA) is 102 Å². The molecule has 0 aliphatic heterocycles. The molecule has 7 heteroatoms. The first-order valence-electron chi connectivity index (χ1n) is 8.43. The molecule has 1 amide bonds. The van der Waals surface area contributed by atoms with Crippen molar-refractivity contribution >= 4 is 18.0 Å². The molecule has 0 radical (unpaired) electrons. The third kappa shape index (κ3) is 8.00. The number of benzene rings is 1. The molecule has 1 rings (SSSR count). The first-order valence-corrected chi connectivity index (χ1v) is 8.43. The lowest BCUT2D eigenvalue weighted by atomic mass is 10.1. The molecule has 2 N–H and O–H groups in total. The van der Waals surface area contributed by atoms with Gasteiger partial charge in [0, 0.05) is 0 Å².